The molecule has 1 amide bonds. The van der Waals surface area contributed by atoms with Gasteiger partial charge in [-0.2, -0.15) is 5.10 Å². The second-order valence-electron chi connectivity index (χ2n) is 5.38. The van der Waals surface area contributed by atoms with Crippen molar-refractivity contribution >= 4 is 11.6 Å². The molecule has 0 atom stereocenters. The first-order chi connectivity index (χ1) is 11.1. The van der Waals surface area contributed by atoms with Crippen molar-refractivity contribution in [3.63, 3.8) is 0 Å². The van der Waals surface area contributed by atoms with Gasteiger partial charge in [0.2, 0.25) is 0 Å². The first-order valence-electron chi connectivity index (χ1n) is 7.25. The van der Waals surface area contributed by atoms with Crippen LogP contribution in [0.5, 0.6) is 0 Å². The molecule has 5 heteroatoms. The summed E-state index contributed by atoms with van der Waals surface area (Å²) in [6.07, 6.45) is 3.36. The zero-order chi connectivity index (χ0) is 16.2. The molecule has 23 heavy (non-hydrogen) atoms. The summed E-state index contributed by atoms with van der Waals surface area (Å²) in [6, 6.07) is 13.6. The highest BCUT2D eigenvalue weighted by Crippen LogP contribution is 2.11. The lowest BCUT2D eigenvalue weighted by Gasteiger charge is -2.03. The van der Waals surface area contributed by atoms with Crippen LogP contribution >= 0.6 is 0 Å². The minimum absolute atomic E-state index is 0.292. The van der Waals surface area contributed by atoms with Gasteiger partial charge < -0.3 is 5.32 Å². The summed E-state index contributed by atoms with van der Waals surface area (Å²) in [4.78, 5) is 12.1. The Morgan fingerprint density at radius 1 is 1.22 bits per heavy atom. The normalized spacial score (nSPS) is 10.5. The summed E-state index contributed by atoms with van der Waals surface area (Å²) in [7, 11) is 0. The van der Waals surface area contributed by atoms with Crippen LogP contribution < -0.4 is 5.32 Å². The molecule has 0 spiro atoms. The molecule has 0 fully saturated rings. The van der Waals surface area contributed by atoms with Crippen molar-refractivity contribution in [3.8, 4) is 0 Å². The van der Waals surface area contributed by atoms with E-state index in [2.05, 4.69) is 16.5 Å². The lowest BCUT2D eigenvalue weighted by molar-refractivity contribution is 0.102. The van der Waals surface area contributed by atoms with E-state index in [1.165, 1.54) is 29.8 Å². The average molecular weight is 309 g/mol. The van der Waals surface area contributed by atoms with Gasteiger partial charge in [-0.05, 0) is 36.8 Å². The number of carbonyl (C=O) groups excluding carboxylic acids is 1. The summed E-state index contributed by atoms with van der Waals surface area (Å²) in [6.45, 7) is 2.68. The van der Waals surface area contributed by atoms with E-state index in [-0.39, 0.29) is 11.7 Å². The van der Waals surface area contributed by atoms with Gasteiger partial charge in [-0.3, -0.25) is 9.48 Å². The van der Waals surface area contributed by atoms with Gasteiger partial charge in [-0.1, -0.05) is 29.8 Å². The molecule has 0 unspecified atom stereocenters. The quantitative estimate of drug-likeness (QED) is 0.800. The molecule has 0 aliphatic carbocycles. The summed E-state index contributed by atoms with van der Waals surface area (Å²) in [5.74, 6) is -0.660. The van der Waals surface area contributed by atoms with Gasteiger partial charge >= 0.3 is 0 Å². The maximum absolute atomic E-state index is 12.9. The number of benzene rings is 2. The number of hydrogen-bond donors (Lipinski definition) is 1. The van der Waals surface area contributed by atoms with Crippen molar-refractivity contribution in [1.82, 2.24) is 9.78 Å². The molecule has 0 radical (unpaired) electrons. The van der Waals surface area contributed by atoms with Crippen LogP contribution in [0, 0.1) is 12.7 Å². The Kier molecular flexibility index (Phi) is 4.19. The van der Waals surface area contributed by atoms with E-state index in [4.69, 9.17) is 0 Å². The van der Waals surface area contributed by atoms with Crippen molar-refractivity contribution < 1.29 is 9.18 Å². The molecule has 0 aliphatic rings. The third-order valence-corrected chi connectivity index (χ3v) is 3.42. The molecule has 0 bridgehead atoms. The Hall–Kier alpha value is -2.95. The lowest BCUT2D eigenvalue weighted by atomic mass is 10.1. The zero-order valence-electron chi connectivity index (χ0n) is 12.7. The van der Waals surface area contributed by atoms with Gasteiger partial charge in [0.15, 0.2) is 0 Å². The molecule has 1 heterocycles. The average Bonchev–Trinajstić information content (AvgIpc) is 2.95. The van der Waals surface area contributed by atoms with E-state index in [9.17, 15) is 9.18 Å². The van der Waals surface area contributed by atoms with Gasteiger partial charge in [0, 0.05) is 11.8 Å². The number of aryl methyl sites for hydroxylation is 1. The minimum Gasteiger partial charge on any atom is -0.319 e. The Morgan fingerprint density at radius 3 is 2.74 bits per heavy atom. The molecule has 2 aromatic carbocycles. The summed E-state index contributed by atoms with van der Waals surface area (Å²) >= 11 is 0. The highest BCUT2D eigenvalue weighted by atomic mass is 19.1. The summed E-state index contributed by atoms with van der Waals surface area (Å²) in [5, 5.41) is 6.99. The van der Waals surface area contributed by atoms with E-state index >= 15 is 0 Å². The molecule has 1 aromatic heterocycles. The number of nitrogens with one attached hydrogen (secondary N) is 1. The van der Waals surface area contributed by atoms with Crippen LogP contribution in [0.2, 0.25) is 0 Å². The highest BCUT2D eigenvalue weighted by Gasteiger charge is 2.08. The molecule has 0 aliphatic heterocycles. The molecule has 0 saturated carbocycles. The number of carbonyl (C=O) groups is 1. The van der Waals surface area contributed by atoms with Crippen LogP contribution in [0.3, 0.4) is 0 Å². The Labute approximate surface area is 133 Å². The fraction of sp³-hybridized carbons (Fsp3) is 0.111. The third-order valence-electron chi connectivity index (χ3n) is 3.42. The number of rotatable bonds is 4. The molecule has 1 N–H and O–H groups in total. The second kappa shape index (κ2) is 6.44. The van der Waals surface area contributed by atoms with Gasteiger partial charge in [0.05, 0.1) is 18.4 Å². The van der Waals surface area contributed by atoms with E-state index < -0.39 is 0 Å². The van der Waals surface area contributed by atoms with Gasteiger partial charge in [-0.25, -0.2) is 4.39 Å². The first-order valence-corrected chi connectivity index (χ1v) is 7.25. The molecule has 3 rings (SSSR count). The standard InChI is InChI=1S/C18H16FN3O/c1-13-3-2-4-14(9-13)11-22-12-17(10-20-22)21-18(23)15-5-7-16(19)8-6-15/h2-10,12H,11H2,1H3,(H,21,23). The highest BCUT2D eigenvalue weighted by molar-refractivity contribution is 6.04. The zero-order valence-corrected chi connectivity index (χ0v) is 12.7. The van der Waals surface area contributed by atoms with Gasteiger partial charge in [0.25, 0.3) is 5.91 Å². The number of aromatic nitrogens is 2. The smallest absolute Gasteiger partial charge is 0.255 e. The Balaban J connectivity index is 1.67. The van der Waals surface area contributed by atoms with Crippen LogP contribution in [-0.2, 0) is 6.54 Å². The predicted octanol–water partition coefficient (Wildman–Crippen LogP) is 3.63. The van der Waals surface area contributed by atoms with Crippen molar-refractivity contribution in [2.45, 2.75) is 13.5 Å². The molecule has 3 aromatic rings. The molecular weight excluding hydrogens is 293 g/mol. The maximum Gasteiger partial charge on any atom is 0.255 e. The molecule has 4 nitrogen and oxygen atoms in total. The number of halogens is 1. The van der Waals surface area contributed by atoms with E-state index in [1.807, 2.05) is 25.1 Å². The third kappa shape index (κ3) is 3.83. The van der Waals surface area contributed by atoms with Crippen molar-refractivity contribution in [2.24, 2.45) is 0 Å². The number of amides is 1. The monoisotopic (exact) mass is 309 g/mol. The van der Waals surface area contributed by atoms with E-state index in [0.717, 1.165) is 5.56 Å². The summed E-state index contributed by atoms with van der Waals surface area (Å²) in [5.41, 5.74) is 3.34. The number of hydrogen-bond acceptors (Lipinski definition) is 2. The van der Waals surface area contributed by atoms with Gasteiger partial charge in [0.1, 0.15) is 5.82 Å². The number of nitrogens with zero attached hydrogens (tertiary/aromatic N) is 2. The van der Waals surface area contributed by atoms with Crippen LogP contribution in [0.25, 0.3) is 0 Å². The minimum atomic E-state index is -0.368. The van der Waals surface area contributed by atoms with E-state index in [1.54, 1.807) is 17.1 Å². The summed E-state index contributed by atoms with van der Waals surface area (Å²) < 4.78 is 14.6. The van der Waals surface area contributed by atoms with Gasteiger partial charge in [-0.15, -0.1) is 0 Å². The molecular formula is C18H16FN3O. The van der Waals surface area contributed by atoms with Crippen molar-refractivity contribution in [2.75, 3.05) is 5.32 Å². The van der Waals surface area contributed by atoms with Crippen LogP contribution in [-0.4, -0.2) is 15.7 Å². The molecule has 116 valence electrons. The predicted molar refractivity (Wildman–Crippen MR) is 86.9 cm³/mol. The van der Waals surface area contributed by atoms with Crippen LogP contribution in [0.1, 0.15) is 21.5 Å². The van der Waals surface area contributed by atoms with E-state index in [0.29, 0.717) is 17.8 Å². The largest absolute Gasteiger partial charge is 0.319 e. The first kappa shape index (κ1) is 15.0. The SMILES string of the molecule is Cc1cccc(Cn2cc(NC(=O)c3ccc(F)cc3)cn2)c1. The fourth-order valence-corrected chi connectivity index (χ4v) is 2.32. The lowest BCUT2D eigenvalue weighted by Crippen LogP contribution is -2.11. The van der Waals surface area contributed by atoms with Crippen molar-refractivity contribution in [3.05, 3.63) is 83.4 Å². The van der Waals surface area contributed by atoms with Crippen LogP contribution in [0.15, 0.2) is 60.9 Å². The number of anilines is 1. The maximum atomic E-state index is 12.9. The second-order valence-corrected chi connectivity index (χ2v) is 5.38. The fourth-order valence-electron chi connectivity index (χ4n) is 2.32. The topological polar surface area (TPSA) is 46.9 Å². The van der Waals surface area contributed by atoms with Crippen molar-refractivity contribution in [1.29, 1.82) is 0 Å². The van der Waals surface area contributed by atoms with Crippen LogP contribution in [0.4, 0.5) is 10.1 Å². The molecule has 0 saturated heterocycles. The Bertz CT molecular complexity index is 824. The Morgan fingerprint density at radius 2 is 2.00 bits per heavy atom.